The summed E-state index contributed by atoms with van der Waals surface area (Å²) in [4.78, 5) is 26.7. The van der Waals surface area contributed by atoms with E-state index in [-0.39, 0.29) is 18.0 Å². The number of piperazine rings is 2. The Morgan fingerprint density at radius 1 is 0.968 bits per heavy atom. The Bertz CT molecular complexity index is 841. The molecule has 0 radical (unpaired) electrons. The first-order valence-corrected chi connectivity index (χ1v) is 11.4. The van der Waals surface area contributed by atoms with E-state index in [9.17, 15) is 4.79 Å². The summed E-state index contributed by atoms with van der Waals surface area (Å²) in [6.45, 7) is 14.5. The van der Waals surface area contributed by atoms with Crippen molar-refractivity contribution in [3.05, 3.63) is 36.2 Å². The summed E-state index contributed by atoms with van der Waals surface area (Å²) in [6.07, 6.45) is 0. The molecule has 0 spiro atoms. The van der Waals surface area contributed by atoms with E-state index in [0.717, 1.165) is 64.5 Å². The maximum atomic E-state index is 13.0. The Hall–Kier alpha value is -2.29. The zero-order valence-corrected chi connectivity index (χ0v) is 18.9. The number of benzene rings is 1. The summed E-state index contributed by atoms with van der Waals surface area (Å²) in [5, 5.41) is 4.16. The fourth-order valence-corrected chi connectivity index (χ4v) is 4.48. The Morgan fingerprint density at radius 2 is 1.61 bits per heavy atom. The van der Waals surface area contributed by atoms with Crippen molar-refractivity contribution in [2.75, 3.05) is 58.9 Å². The molecule has 8 nitrogen and oxygen atoms in total. The van der Waals surface area contributed by atoms with Crippen LogP contribution in [0.1, 0.15) is 32.7 Å². The molecule has 1 aromatic carbocycles. The van der Waals surface area contributed by atoms with E-state index in [1.165, 1.54) is 0 Å². The van der Waals surface area contributed by atoms with Crippen LogP contribution in [0.25, 0.3) is 11.4 Å². The number of amides is 1. The van der Waals surface area contributed by atoms with Crippen LogP contribution in [-0.2, 0) is 4.79 Å². The second-order valence-corrected chi connectivity index (χ2v) is 8.51. The van der Waals surface area contributed by atoms with Crippen LogP contribution in [0.4, 0.5) is 0 Å². The van der Waals surface area contributed by atoms with E-state index in [0.29, 0.717) is 11.7 Å². The fourth-order valence-electron chi connectivity index (χ4n) is 4.48. The van der Waals surface area contributed by atoms with Crippen molar-refractivity contribution < 1.29 is 9.32 Å². The molecule has 2 atom stereocenters. The van der Waals surface area contributed by atoms with Gasteiger partial charge in [-0.1, -0.05) is 42.4 Å². The van der Waals surface area contributed by atoms with Crippen LogP contribution in [0.2, 0.25) is 0 Å². The molecule has 168 valence electrons. The van der Waals surface area contributed by atoms with E-state index < -0.39 is 0 Å². The average molecular weight is 427 g/mol. The molecule has 0 bridgehead atoms. The van der Waals surface area contributed by atoms with E-state index >= 15 is 0 Å². The van der Waals surface area contributed by atoms with Crippen LogP contribution in [-0.4, -0.2) is 101 Å². The number of hydrogen-bond acceptors (Lipinski definition) is 7. The summed E-state index contributed by atoms with van der Waals surface area (Å²) in [5.74, 6) is 1.54. The van der Waals surface area contributed by atoms with Crippen molar-refractivity contribution in [3.63, 3.8) is 0 Å². The van der Waals surface area contributed by atoms with E-state index in [4.69, 9.17) is 4.52 Å². The van der Waals surface area contributed by atoms with Crippen LogP contribution < -0.4 is 0 Å². The lowest BCUT2D eigenvalue weighted by Gasteiger charge is -2.41. The minimum absolute atomic E-state index is 0.0558. The van der Waals surface area contributed by atoms with E-state index in [2.05, 4.69) is 45.6 Å². The van der Waals surface area contributed by atoms with Crippen molar-refractivity contribution in [1.82, 2.24) is 29.7 Å². The number of likely N-dealkylation sites (N-methyl/N-ethyl adjacent to an activating group) is 1. The van der Waals surface area contributed by atoms with E-state index in [1.54, 1.807) is 0 Å². The van der Waals surface area contributed by atoms with Gasteiger partial charge >= 0.3 is 0 Å². The SMILES string of the molecule is CCN1CCN(C(=O)C(C)N2CCN(C(C)c3nc(-c4ccccc4)no3)CC2)CC1. The fraction of sp³-hybridized carbons (Fsp3) is 0.609. The lowest BCUT2D eigenvalue weighted by molar-refractivity contribution is -0.139. The summed E-state index contributed by atoms with van der Waals surface area (Å²) in [7, 11) is 0. The normalized spacial score (nSPS) is 21.2. The predicted molar refractivity (Wildman–Crippen MR) is 119 cm³/mol. The number of nitrogens with zero attached hydrogens (tertiary/aromatic N) is 6. The Labute approximate surface area is 184 Å². The van der Waals surface area contributed by atoms with Crippen molar-refractivity contribution in [2.45, 2.75) is 32.9 Å². The number of carbonyl (C=O) groups is 1. The van der Waals surface area contributed by atoms with Gasteiger partial charge in [0.05, 0.1) is 12.1 Å². The molecule has 2 unspecified atom stereocenters. The molecule has 1 amide bonds. The summed E-state index contributed by atoms with van der Waals surface area (Å²) >= 11 is 0. The molecule has 2 aliphatic rings. The monoisotopic (exact) mass is 426 g/mol. The van der Waals surface area contributed by atoms with Crippen LogP contribution in [0.3, 0.4) is 0 Å². The average Bonchev–Trinajstić information content (AvgIpc) is 3.34. The highest BCUT2D eigenvalue weighted by atomic mass is 16.5. The molecule has 3 heterocycles. The molecule has 2 fully saturated rings. The van der Waals surface area contributed by atoms with Gasteiger partial charge in [-0.05, 0) is 20.4 Å². The van der Waals surface area contributed by atoms with Crippen LogP contribution >= 0.6 is 0 Å². The molecule has 4 rings (SSSR count). The Morgan fingerprint density at radius 3 is 2.26 bits per heavy atom. The van der Waals surface area contributed by atoms with Gasteiger partial charge in [-0.25, -0.2) is 0 Å². The van der Waals surface area contributed by atoms with Gasteiger partial charge in [0.1, 0.15) is 0 Å². The molecule has 2 aliphatic heterocycles. The van der Waals surface area contributed by atoms with Gasteiger partial charge < -0.3 is 14.3 Å². The van der Waals surface area contributed by atoms with Crippen molar-refractivity contribution in [1.29, 1.82) is 0 Å². The van der Waals surface area contributed by atoms with Gasteiger partial charge in [0, 0.05) is 57.9 Å². The van der Waals surface area contributed by atoms with Gasteiger partial charge in [-0.3, -0.25) is 14.6 Å². The van der Waals surface area contributed by atoms with E-state index in [1.807, 2.05) is 35.2 Å². The third-order valence-corrected chi connectivity index (χ3v) is 6.76. The third kappa shape index (κ3) is 4.97. The molecule has 0 N–H and O–H groups in total. The standard InChI is InChI=1S/C23H34N6O2/c1-4-26-10-12-29(13-11-26)23(30)19(3)28-16-14-27(15-17-28)18(2)22-24-21(25-31-22)20-8-6-5-7-9-20/h5-9,18-19H,4,10-17H2,1-3H3. The first-order valence-electron chi connectivity index (χ1n) is 11.4. The lowest BCUT2D eigenvalue weighted by Crippen LogP contribution is -2.57. The second-order valence-electron chi connectivity index (χ2n) is 8.51. The highest BCUT2D eigenvalue weighted by Gasteiger charge is 2.32. The Kier molecular flexibility index (Phi) is 6.99. The topological polar surface area (TPSA) is 69.0 Å². The third-order valence-electron chi connectivity index (χ3n) is 6.76. The molecule has 1 aromatic heterocycles. The largest absolute Gasteiger partial charge is 0.339 e. The second kappa shape index (κ2) is 9.89. The molecule has 2 saturated heterocycles. The maximum absolute atomic E-state index is 13.0. The molecule has 31 heavy (non-hydrogen) atoms. The lowest BCUT2D eigenvalue weighted by atomic mass is 10.1. The van der Waals surface area contributed by atoms with Crippen LogP contribution in [0.15, 0.2) is 34.9 Å². The maximum Gasteiger partial charge on any atom is 0.244 e. The van der Waals surface area contributed by atoms with Crippen molar-refractivity contribution in [3.8, 4) is 11.4 Å². The quantitative estimate of drug-likeness (QED) is 0.699. The van der Waals surface area contributed by atoms with Crippen LogP contribution in [0, 0.1) is 0 Å². The smallest absolute Gasteiger partial charge is 0.244 e. The highest BCUT2D eigenvalue weighted by molar-refractivity contribution is 5.81. The molecule has 2 aromatic rings. The molecular formula is C23H34N6O2. The zero-order chi connectivity index (χ0) is 21.8. The summed E-state index contributed by atoms with van der Waals surface area (Å²) in [6, 6.07) is 9.88. The molecule has 8 heteroatoms. The zero-order valence-electron chi connectivity index (χ0n) is 18.9. The highest BCUT2D eigenvalue weighted by Crippen LogP contribution is 2.24. The molecule has 0 saturated carbocycles. The van der Waals surface area contributed by atoms with Crippen LogP contribution in [0.5, 0.6) is 0 Å². The first kappa shape index (κ1) is 21.9. The van der Waals surface area contributed by atoms with Gasteiger partial charge in [0.2, 0.25) is 17.6 Å². The minimum atomic E-state index is -0.0706. The van der Waals surface area contributed by atoms with Gasteiger partial charge in [0.25, 0.3) is 0 Å². The minimum Gasteiger partial charge on any atom is -0.339 e. The number of aromatic nitrogens is 2. The van der Waals surface area contributed by atoms with Gasteiger partial charge in [-0.15, -0.1) is 0 Å². The van der Waals surface area contributed by atoms with Gasteiger partial charge in [0.15, 0.2) is 0 Å². The van der Waals surface area contributed by atoms with Crippen molar-refractivity contribution in [2.24, 2.45) is 0 Å². The number of hydrogen-bond donors (Lipinski definition) is 0. The number of rotatable bonds is 6. The Balaban J connectivity index is 1.29. The summed E-state index contributed by atoms with van der Waals surface area (Å²) < 4.78 is 5.56. The summed E-state index contributed by atoms with van der Waals surface area (Å²) in [5.41, 5.74) is 0.960. The first-order chi connectivity index (χ1) is 15.1. The van der Waals surface area contributed by atoms with Crippen molar-refractivity contribution >= 4 is 5.91 Å². The molecule has 0 aliphatic carbocycles. The predicted octanol–water partition coefficient (Wildman–Crippen LogP) is 1.97. The molecular weight excluding hydrogens is 392 g/mol. The van der Waals surface area contributed by atoms with Gasteiger partial charge in [-0.2, -0.15) is 4.98 Å². The number of carbonyl (C=O) groups excluding carboxylic acids is 1.